The van der Waals surface area contributed by atoms with Crippen molar-refractivity contribution in [2.24, 2.45) is 0 Å². The van der Waals surface area contributed by atoms with Crippen molar-refractivity contribution in [2.45, 2.75) is 13.2 Å². The van der Waals surface area contributed by atoms with Gasteiger partial charge in [-0.2, -0.15) is 11.3 Å². The Morgan fingerprint density at radius 3 is 2.82 bits per heavy atom. The van der Waals surface area contributed by atoms with E-state index in [1.807, 2.05) is 19.2 Å². The predicted molar refractivity (Wildman–Crippen MR) is 73.8 cm³/mol. The molecule has 2 aromatic rings. The molecule has 0 aliphatic rings. The largest absolute Gasteiger partial charge is 0.392 e. The van der Waals surface area contributed by atoms with Crippen LogP contribution in [0.1, 0.15) is 11.1 Å². The lowest BCUT2D eigenvalue weighted by atomic mass is 10.1. The first-order valence-electron chi connectivity index (χ1n) is 5.32. The number of hydrogen-bond acceptors (Lipinski definition) is 3. The van der Waals surface area contributed by atoms with Crippen molar-refractivity contribution in [1.29, 1.82) is 0 Å². The Morgan fingerprint density at radius 2 is 2.18 bits per heavy atom. The zero-order chi connectivity index (χ0) is 12.3. The average Bonchev–Trinajstić information content (AvgIpc) is 2.81. The van der Waals surface area contributed by atoms with E-state index in [9.17, 15) is 5.11 Å². The van der Waals surface area contributed by atoms with Crippen LogP contribution in [0.3, 0.4) is 0 Å². The van der Waals surface area contributed by atoms with Crippen LogP contribution >= 0.6 is 22.9 Å². The smallest absolute Gasteiger partial charge is 0.0702 e. The summed E-state index contributed by atoms with van der Waals surface area (Å²) in [4.78, 5) is 2.10. The summed E-state index contributed by atoms with van der Waals surface area (Å²) >= 11 is 7.68. The van der Waals surface area contributed by atoms with Crippen LogP contribution in [0.2, 0.25) is 5.02 Å². The fraction of sp³-hybridized carbons (Fsp3) is 0.231. The van der Waals surface area contributed by atoms with Crippen LogP contribution in [-0.4, -0.2) is 12.2 Å². The number of rotatable bonds is 4. The minimum Gasteiger partial charge on any atom is -0.392 e. The molecule has 1 heterocycles. The van der Waals surface area contributed by atoms with Gasteiger partial charge in [0.25, 0.3) is 0 Å². The van der Waals surface area contributed by atoms with Crippen molar-refractivity contribution < 1.29 is 5.11 Å². The number of halogens is 1. The first-order chi connectivity index (χ1) is 8.20. The van der Waals surface area contributed by atoms with Gasteiger partial charge in [0.2, 0.25) is 0 Å². The van der Waals surface area contributed by atoms with Crippen LogP contribution in [0, 0.1) is 0 Å². The topological polar surface area (TPSA) is 23.5 Å². The van der Waals surface area contributed by atoms with E-state index in [0.29, 0.717) is 5.02 Å². The van der Waals surface area contributed by atoms with Crippen LogP contribution in [0.4, 0.5) is 5.69 Å². The third kappa shape index (κ3) is 3.00. The number of thiophene rings is 1. The molecule has 0 unspecified atom stereocenters. The van der Waals surface area contributed by atoms with Gasteiger partial charge in [-0.25, -0.2) is 0 Å². The first-order valence-corrected chi connectivity index (χ1v) is 6.64. The van der Waals surface area contributed by atoms with Crippen LogP contribution < -0.4 is 4.90 Å². The summed E-state index contributed by atoms with van der Waals surface area (Å²) in [6, 6.07) is 7.65. The summed E-state index contributed by atoms with van der Waals surface area (Å²) in [7, 11) is 2.00. The maximum atomic E-state index is 9.32. The minimum absolute atomic E-state index is 0.0283. The van der Waals surface area contributed by atoms with Crippen molar-refractivity contribution in [3.05, 3.63) is 51.2 Å². The van der Waals surface area contributed by atoms with E-state index in [1.165, 1.54) is 5.56 Å². The van der Waals surface area contributed by atoms with Crippen molar-refractivity contribution in [3.63, 3.8) is 0 Å². The summed E-state index contributed by atoms with van der Waals surface area (Å²) < 4.78 is 0. The molecule has 17 heavy (non-hydrogen) atoms. The van der Waals surface area contributed by atoms with E-state index in [2.05, 4.69) is 21.7 Å². The molecule has 0 fully saturated rings. The van der Waals surface area contributed by atoms with Crippen molar-refractivity contribution in [2.75, 3.05) is 11.9 Å². The second-order valence-electron chi connectivity index (χ2n) is 3.92. The molecule has 0 bridgehead atoms. The molecule has 0 saturated carbocycles. The lowest BCUT2D eigenvalue weighted by Gasteiger charge is -2.21. The van der Waals surface area contributed by atoms with Gasteiger partial charge in [-0.15, -0.1) is 0 Å². The van der Waals surface area contributed by atoms with Crippen LogP contribution in [0.5, 0.6) is 0 Å². The fourth-order valence-corrected chi connectivity index (χ4v) is 2.59. The highest BCUT2D eigenvalue weighted by atomic mass is 35.5. The summed E-state index contributed by atoms with van der Waals surface area (Å²) in [6.45, 7) is 0.845. The molecule has 0 amide bonds. The molecule has 1 aromatic heterocycles. The fourth-order valence-electron chi connectivity index (χ4n) is 1.77. The predicted octanol–water partition coefficient (Wildman–Crippen LogP) is 3.53. The minimum atomic E-state index is 0.0283. The maximum absolute atomic E-state index is 9.32. The van der Waals surface area contributed by atoms with Gasteiger partial charge in [0, 0.05) is 29.9 Å². The maximum Gasteiger partial charge on any atom is 0.0702 e. The van der Waals surface area contributed by atoms with Gasteiger partial charge in [-0.1, -0.05) is 17.7 Å². The summed E-state index contributed by atoms with van der Waals surface area (Å²) in [5.41, 5.74) is 3.14. The number of aliphatic hydroxyl groups excluding tert-OH is 1. The van der Waals surface area contributed by atoms with E-state index in [0.717, 1.165) is 17.8 Å². The normalized spacial score (nSPS) is 10.5. The molecule has 0 spiro atoms. The molecule has 0 aliphatic carbocycles. The zero-order valence-corrected chi connectivity index (χ0v) is 11.1. The monoisotopic (exact) mass is 267 g/mol. The first kappa shape index (κ1) is 12.4. The number of anilines is 1. The third-order valence-electron chi connectivity index (χ3n) is 2.63. The van der Waals surface area contributed by atoms with Gasteiger partial charge in [-0.05, 0) is 34.5 Å². The average molecular weight is 268 g/mol. The third-order valence-corrected chi connectivity index (χ3v) is 3.60. The zero-order valence-electron chi connectivity index (χ0n) is 9.56. The molecule has 0 radical (unpaired) electrons. The summed E-state index contributed by atoms with van der Waals surface area (Å²) in [6.07, 6.45) is 0. The molecule has 4 heteroatoms. The lowest BCUT2D eigenvalue weighted by molar-refractivity contribution is 0.282. The van der Waals surface area contributed by atoms with Crippen molar-refractivity contribution in [3.8, 4) is 0 Å². The highest BCUT2D eigenvalue weighted by molar-refractivity contribution is 7.07. The standard InChI is InChI=1S/C13H14ClNOS/c1-15(7-10-4-5-17-9-10)13-6-12(14)3-2-11(13)8-16/h2-6,9,16H,7-8H2,1H3. The second kappa shape index (κ2) is 5.54. The molecule has 2 rings (SSSR count). The molecule has 0 atom stereocenters. The van der Waals surface area contributed by atoms with E-state index < -0.39 is 0 Å². The molecule has 0 saturated heterocycles. The molecule has 1 aromatic carbocycles. The number of aliphatic hydroxyl groups is 1. The summed E-state index contributed by atoms with van der Waals surface area (Å²) in [5, 5.41) is 14.2. The van der Waals surface area contributed by atoms with Gasteiger partial charge >= 0.3 is 0 Å². The Kier molecular flexibility index (Phi) is 4.05. The van der Waals surface area contributed by atoms with Gasteiger partial charge in [0.1, 0.15) is 0 Å². The molecule has 2 nitrogen and oxygen atoms in total. The van der Waals surface area contributed by atoms with Gasteiger partial charge in [-0.3, -0.25) is 0 Å². The molecular weight excluding hydrogens is 254 g/mol. The van der Waals surface area contributed by atoms with E-state index in [-0.39, 0.29) is 6.61 Å². The molecule has 90 valence electrons. The molecule has 1 N–H and O–H groups in total. The Morgan fingerprint density at radius 1 is 1.35 bits per heavy atom. The Balaban J connectivity index is 2.23. The molecular formula is C13H14ClNOS. The summed E-state index contributed by atoms with van der Waals surface area (Å²) in [5.74, 6) is 0. The molecule has 0 aliphatic heterocycles. The van der Waals surface area contributed by atoms with Gasteiger partial charge in [0.05, 0.1) is 6.61 Å². The van der Waals surface area contributed by atoms with Crippen molar-refractivity contribution >= 4 is 28.6 Å². The van der Waals surface area contributed by atoms with Gasteiger partial charge < -0.3 is 10.0 Å². The van der Waals surface area contributed by atoms with Crippen LogP contribution in [0.15, 0.2) is 35.0 Å². The van der Waals surface area contributed by atoms with Crippen LogP contribution in [-0.2, 0) is 13.2 Å². The highest BCUT2D eigenvalue weighted by Gasteiger charge is 2.08. The lowest BCUT2D eigenvalue weighted by Crippen LogP contribution is -2.17. The van der Waals surface area contributed by atoms with Crippen LogP contribution in [0.25, 0.3) is 0 Å². The second-order valence-corrected chi connectivity index (χ2v) is 5.14. The Hall–Kier alpha value is -1.03. The van der Waals surface area contributed by atoms with Gasteiger partial charge in [0.15, 0.2) is 0 Å². The highest BCUT2D eigenvalue weighted by Crippen LogP contribution is 2.25. The number of nitrogens with zero attached hydrogens (tertiary/aromatic N) is 1. The Bertz CT molecular complexity index is 484. The van der Waals surface area contributed by atoms with Crippen molar-refractivity contribution in [1.82, 2.24) is 0 Å². The quantitative estimate of drug-likeness (QED) is 0.916. The number of hydrogen-bond donors (Lipinski definition) is 1. The van der Waals surface area contributed by atoms with E-state index in [1.54, 1.807) is 17.4 Å². The number of benzene rings is 1. The SMILES string of the molecule is CN(Cc1ccsc1)c1cc(Cl)ccc1CO. The van der Waals surface area contributed by atoms with E-state index in [4.69, 9.17) is 11.6 Å². The Labute approximate surface area is 110 Å². The van der Waals surface area contributed by atoms with E-state index >= 15 is 0 Å².